The van der Waals surface area contributed by atoms with Gasteiger partial charge in [0, 0.05) is 24.7 Å². The third-order valence-electron chi connectivity index (χ3n) is 1.19. The molecule has 0 unspecified atom stereocenters. The zero-order valence-electron chi connectivity index (χ0n) is 5.51. The summed E-state index contributed by atoms with van der Waals surface area (Å²) in [5.74, 6) is 0.625. The van der Waals surface area contributed by atoms with E-state index in [1.807, 2.05) is 0 Å². The van der Waals surface area contributed by atoms with E-state index < -0.39 is 0 Å². The van der Waals surface area contributed by atoms with Gasteiger partial charge in [0.05, 0.1) is 0 Å². The Morgan fingerprint density at radius 1 is 1.70 bits per heavy atom. The lowest BCUT2D eigenvalue weighted by atomic mass is 10.5. The van der Waals surface area contributed by atoms with Crippen LogP contribution in [0.25, 0.3) is 0 Å². The summed E-state index contributed by atoms with van der Waals surface area (Å²) in [5, 5.41) is 2.61. The highest BCUT2D eigenvalue weighted by atomic mass is 35.5. The fourth-order valence-electron chi connectivity index (χ4n) is 0.734. The lowest BCUT2D eigenvalue weighted by Crippen LogP contribution is -2.05. The summed E-state index contributed by atoms with van der Waals surface area (Å²) in [5.41, 5.74) is -0.0606. The van der Waals surface area contributed by atoms with Crippen molar-refractivity contribution in [3.8, 4) is 0 Å². The number of hydrogen-bond donors (Lipinski definition) is 1. The highest BCUT2D eigenvalue weighted by Crippen LogP contribution is 1.88. The van der Waals surface area contributed by atoms with Gasteiger partial charge in [-0.1, -0.05) is 0 Å². The van der Waals surface area contributed by atoms with Crippen molar-refractivity contribution >= 4 is 11.6 Å². The number of aryl methyl sites for hydroxylation is 1. The molecule has 0 aromatic carbocycles. The molecule has 0 aliphatic heterocycles. The van der Waals surface area contributed by atoms with Crippen molar-refractivity contribution in [2.45, 2.75) is 13.0 Å². The maximum atomic E-state index is 10.5. The second kappa shape index (κ2) is 3.46. The fraction of sp³-hybridized carbons (Fsp3) is 0.500. The van der Waals surface area contributed by atoms with E-state index in [0.717, 1.165) is 13.0 Å². The highest BCUT2D eigenvalue weighted by Gasteiger charge is 1.89. The van der Waals surface area contributed by atoms with Gasteiger partial charge >= 0.3 is 0 Å². The van der Waals surface area contributed by atoms with E-state index in [0.29, 0.717) is 5.88 Å². The first kappa shape index (κ1) is 7.41. The zero-order valence-corrected chi connectivity index (χ0v) is 6.27. The van der Waals surface area contributed by atoms with Crippen LogP contribution in [-0.4, -0.2) is 15.7 Å². The predicted molar refractivity (Wildman–Crippen MR) is 40.4 cm³/mol. The number of rotatable bonds is 3. The van der Waals surface area contributed by atoms with E-state index in [2.05, 4.69) is 5.10 Å². The van der Waals surface area contributed by atoms with Crippen LogP contribution in [0.2, 0.25) is 0 Å². The zero-order chi connectivity index (χ0) is 7.40. The number of alkyl halides is 1. The van der Waals surface area contributed by atoms with Crippen LogP contribution in [-0.2, 0) is 6.54 Å². The average molecular weight is 161 g/mol. The topological polar surface area (TPSA) is 37.8 Å². The van der Waals surface area contributed by atoms with Gasteiger partial charge in [0.2, 0.25) is 0 Å². The maximum Gasteiger partial charge on any atom is 0.264 e. The first-order valence-electron chi connectivity index (χ1n) is 3.14. The Balaban J connectivity index is 2.50. The third kappa shape index (κ3) is 1.92. The molecule has 1 rings (SSSR count). The van der Waals surface area contributed by atoms with Crippen molar-refractivity contribution < 1.29 is 0 Å². The highest BCUT2D eigenvalue weighted by molar-refractivity contribution is 6.17. The molecule has 1 aromatic rings. The van der Waals surface area contributed by atoms with Gasteiger partial charge in [-0.25, -0.2) is 0 Å². The van der Waals surface area contributed by atoms with Crippen LogP contribution >= 0.6 is 11.6 Å². The second-order valence-corrected chi connectivity index (χ2v) is 2.41. The Hall–Kier alpha value is -0.700. The Bertz CT molecular complexity index is 240. The van der Waals surface area contributed by atoms with Crippen molar-refractivity contribution in [1.29, 1.82) is 0 Å². The Morgan fingerprint density at radius 3 is 3.00 bits per heavy atom. The summed E-state index contributed by atoms with van der Waals surface area (Å²) >= 11 is 5.45. The van der Waals surface area contributed by atoms with E-state index in [1.165, 1.54) is 6.07 Å². The number of nitrogens with one attached hydrogen (secondary N) is 1. The van der Waals surface area contributed by atoms with Gasteiger partial charge in [-0.2, -0.15) is 0 Å². The largest absolute Gasteiger partial charge is 0.292 e. The number of aromatic amines is 1. The molecule has 0 spiro atoms. The van der Waals surface area contributed by atoms with Crippen LogP contribution in [0.3, 0.4) is 0 Å². The first-order chi connectivity index (χ1) is 4.83. The van der Waals surface area contributed by atoms with E-state index in [9.17, 15) is 4.79 Å². The van der Waals surface area contributed by atoms with Crippen LogP contribution in [0.1, 0.15) is 6.42 Å². The molecule has 0 saturated carbocycles. The maximum absolute atomic E-state index is 10.5. The van der Waals surface area contributed by atoms with Crippen LogP contribution in [0.5, 0.6) is 0 Å². The van der Waals surface area contributed by atoms with E-state index in [1.54, 1.807) is 10.9 Å². The summed E-state index contributed by atoms with van der Waals surface area (Å²) < 4.78 is 1.73. The summed E-state index contributed by atoms with van der Waals surface area (Å²) in [7, 11) is 0. The molecule has 1 N–H and O–H groups in total. The van der Waals surface area contributed by atoms with Gasteiger partial charge in [-0.3, -0.25) is 14.6 Å². The van der Waals surface area contributed by atoms with E-state index in [4.69, 9.17) is 11.6 Å². The second-order valence-electron chi connectivity index (χ2n) is 2.03. The number of nitrogens with zero attached hydrogens (tertiary/aromatic N) is 1. The predicted octanol–water partition coefficient (Wildman–Crippen LogP) is 0.805. The first-order valence-corrected chi connectivity index (χ1v) is 3.68. The minimum atomic E-state index is -0.0606. The lowest BCUT2D eigenvalue weighted by Gasteiger charge is -1.96. The SMILES string of the molecule is O=c1ccn(CCCCl)[nH]1. The average Bonchev–Trinajstić information content (AvgIpc) is 2.31. The van der Waals surface area contributed by atoms with Crippen LogP contribution in [0, 0.1) is 0 Å². The number of aromatic nitrogens is 2. The Kier molecular flexibility index (Phi) is 2.57. The molecule has 4 heteroatoms. The molecule has 0 saturated heterocycles. The smallest absolute Gasteiger partial charge is 0.264 e. The summed E-state index contributed by atoms with van der Waals surface area (Å²) in [6.45, 7) is 0.783. The molecule has 10 heavy (non-hydrogen) atoms. The van der Waals surface area contributed by atoms with Gasteiger partial charge in [0.25, 0.3) is 5.56 Å². The van der Waals surface area contributed by atoms with Crippen molar-refractivity contribution in [2.75, 3.05) is 5.88 Å². The van der Waals surface area contributed by atoms with Crippen LogP contribution < -0.4 is 5.56 Å². The molecular weight excluding hydrogens is 152 g/mol. The van der Waals surface area contributed by atoms with E-state index in [-0.39, 0.29) is 5.56 Å². The Morgan fingerprint density at radius 2 is 2.50 bits per heavy atom. The summed E-state index contributed by atoms with van der Waals surface area (Å²) in [4.78, 5) is 10.5. The standard InChI is InChI=1S/C6H9ClN2O/c7-3-1-4-9-5-2-6(10)8-9/h2,5H,1,3-4H2,(H,8,10). The van der Waals surface area contributed by atoms with Crippen molar-refractivity contribution in [3.63, 3.8) is 0 Å². The minimum Gasteiger partial charge on any atom is -0.292 e. The molecule has 1 aromatic heterocycles. The molecular formula is C6H9ClN2O. The van der Waals surface area contributed by atoms with Crippen molar-refractivity contribution in [3.05, 3.63) is 22.6 Å². The molecule has 0 amide bonds. The number of hydrogen-bond acceptors (Lipinski definition) is 1. The molecule has 0 bridgehead atoms. The molecule has 0 aliphatic rings. The fourth-order valence-corrected chi connectivity index (χ4v) is 0.854. The van der Waals surface area contributed by atoms with E-state index >= 15 is 0 Å². The van der Waals surface area contributed by atoms with Gasteiger partial charge in [-0.15, -0.1) is 11.6 Å². The molecule has 3 nitrogen and oxygen atoms in total. The Labute approximate surface area is 63.6 Å². The lowest BCUT2D eigenvalue weighted by molar-refractivity contribution is 0.600. The normalized spacial score (nSPS) is 10.1. The molecule has 56 valence electrons. The molecule has 1 heterocycles. The molecule has 0 radical (unpaired) electrons. The van der Waals surface area contributed by atoms with Gasteiger partial charge in [0.15, 0.2) is 0 Å². The summed E-state index contributed by atoms with van der Waals surface area (Å²) in [6, 6.07) is 1.49. The van der Waals surface area contributed by atoms with Gasteiger partial charge < -0.3 is 0 Å². The summed E-state index contributed by atoms with van der Waals surface area (Å²) in [6.07, 6.45) is 2.60. The molecule has 0 aliphatic carbocycles. The van der Waals surface area contributed by atoms with Crippen molar-refractivity contribution in [2.24, 2.45) is 0 Å². The molecule has 0 fully saturated rings. The van der Waals surface area contributed by atoms with Crippen LogP contribution in [0.4, 0.5) is 0 Å². The minimum absolute atomic E-state index is 0.0606. The monoisotopic (exact) mass is 160 g/mol. The number of H-pyrrole nitrogens is 1. The van der Waals surface area contributed by atoms with Gasteiger partial charge in [0.1, 0.15) is 0 Å². The molecule has 0 atom stereocenters. The quantitative estimate of drug-likeness (QED) is 0.653. The number of halogens is 1. The van der Waals surface area contributed by atoms with Crippen molar-refractivity contribution in [1.82, 2.24) is 9.78 Å². The third-order valence-corrected chi connectivity index (χ3v) is 1.46. The van der Waals surface area contributed by atoms with Gasteiger partial charge in [-0.05, 0) is 6.42 Å². The van der Waals surface area contributed by atoms with Crippen LogP contribution in [0.15, 0.2) is 17.1 Å².